The van der Waals surface area contributed by atoms with Crippen molar-refractivity contribution in [2.75, 3.05) is 26.2 Å². The van der Waals surface area contributed by atoms with Gasteiger partial charge in [0.15, 0.2) is 5.82 Å². The van der Waals surface area contributed by atoms with Gasteiger partial charge < -0.3 is 9.64 Å². The lowest BCUT2D eigenvalue weighted by Gasteiger charge is -2.40. The summed E-state index contributed by atoms with van der Waals surface area (Å²) in [6.07, 6.45) is 4.03. The van der Waals surface area contributed by atoms with Crippen LogP contribution in [-0.4, -0.2) is 68.5 Å². The Labute approximate surface area is 170 Å². The van der Waals surface area contributed by atoms with Crippen molar-refractivity contribution < 1.29 is 9.53 Å². The number of carbonyl (C=O) groups is 1. The molecule has 2 aromatic rings. The summed E-state index contributed by atoms with van der Waals surface area (Å²) in [6, 6.07) is 5.87. The van der Waals surface area contributed by atoms with Crippen LogP contribution >= 0.6 is 0 Å². The number of aromatic amines is 1. The third-order valence-corrected chi connectivity index (χ3v) is 5.60. The van der Waals surface area contributed by atoms with Gasteiger partial charge in [-0.3, -0.25) is 14.8 Å². The van der Waals surface area contributed by atoms with Gasteiger partial charge in [-0.2, -0.15) is 0 Å². The van der Waals surface area contributed by atoms with Crippen molar-refractivity contribution in [2.24, 2.45) is 0 Å². The molecule has 1 atom stereocenters. The maximum Gasteiger partial charge on any atom is 0.410 e. The largest absolute Gasteiger partial charge is 0.444 e. The third kappa shape index (κ3) is 4.22. The Morgan fingerprint density at radius 2 is 1.97 bits per heavy atom. The molecule has 1 amide bonds. The molecular weight excluding hydrogens is 370 g/mol. The van der Waals surface area contributed by atoms with Crippen molar-refractivity contribution in [3.05, 3.63) is 46.0 Å². The number of piperazine rings is 1. The van der Waals surface area contributed by atoms with Gasteiger partial charge in [-0.05, 0) is 52.2 Å². The molecule has 29 heavy (non-hydrogen) atoms. The molecule has 1 aliphatic carbocycles. The van der Waals surface area contributed by atoms with Crippen LogP contribution in [-0.2, 0) is 17.6 Å². The van der Waals surface area contributed by atoms with Gasteiger partial charge in [0.1, 0.15) is 5.60 Å². The standard InChI is InChI=1S/C21H29N5O3/c1-21(2,3)29-20(28)25-12-10-24(11-13-25)15-7-8-17-16(14-15)19(27)26(23-17)18-6-4-5-9-22-18/h4-6,9,15,23H,7-8,10-14H2,1-3H3. The predicted molar refractivity (Wildman–Crippen MR) is 109 cm³/mol. The van der Waals surface area contributed by atoms with E-state index in [1.165, 1.54) is 0 Å². The van der Waals surface area contributed by atoms with E-state index >= 15 is 0 Å². The number of hydrogen-bond acceptors (Lipinski definition) is 5. The zero-order valence-electron chi connectivity index (χ0n) is 17.4. The molecule has 1 aliphatic heterocycles. The van der Waals surface area contributed by atoms with Crippen molar-refractivity contribution in [3.8, 4) is 5.82 Å². The van der Waals surface area contributed by atoms with Crippen LogP contribution in [0, 0.1) is 0 Å². The monoisotopic (exact) mass is 399 g/mol. The molecule has 1 fully saturated rings. The number of H-pyrrole nitrogens is 1. The molecule has 3 heterocycles. The van der Waals surface area contributed by atoms with Gasteiger partial charge in [0.05, 0.1) is 0 Å². The Morgan fingerprint density at radius 1 is 1.21 bits per heavy atom. The van der Waals surface area contributed by atoms with Gasteiger partial charge in [-0.15, -0.1) is 0 Å². The first-order valence-corrected chi connectivity index (χ1v) is 10.3. The summed E-state index contributed by atoms with van der Waals surface area (Å²) in [4.78, 5) is 33.7. The minimum Gasteiger partial charge on any atom is -0.444 e. The summed E-state index contributed by atoms with van der Waals surface area (Å²) >= 11 is 0. The Balaban J connectivity index is 1.41. The lowest BCUT2D eigenvalue weighted by molar-refractivity contribution is 0.00956. The van der Waals surface area contributed by atoms with Gasteiger partial charge in [0.25, 0.3) is 5.56 Å². The lowest BCUT2D eigenvalue weighted by Crippen LogP contribution is -2.54. The molecule has 0 radical (unpaired) electrons. The maximum absolute atomic E-state index is 12.9. The summed E-state index contributed by atoms with van der Waals surface area (Å²) in [7, 11) is 0. The first-order valence-electron chi connectivity index (χ1n) is 10.3. The Hall–Kier alpha value is -2.61. The molecule has 1 N–H and O–H groups in total. The second-order valence-corrected chi connectivity index (χ2v) is 8.80. The number of nitrogens with one attached hydrogen (secondary N) is 1. The minimum atomic E-state index is -0.476. The summed E-state index contributed by atoms with van der Waals surface area (Å²) < 4.78 is 7.03. The smallest absolute Gasteiger partial charge is 0.410 e. The second kappa shape index (κ2) is 7.67. The quantitative estimate of drug-likeness (QED) is 0.835. The number of hydrogen-bond donors (Lipinski definition) is 1. The zero-order chi connectivity index (χ0) is 20.6. The van der Waals surface area contributed by atoms with Gasteiger partial charge in [-0.1, -0.05) is 6.07 Å². The number of fused-ring (bicyclic) bond motifs is 1. The second-order valence-electron chi connectivity index (χ2n) is 8.80. The molecule has 0 spiro atoms. The van der Waals surface area contributed by atoms with Crippen molar-refractivity contribution in [3.63, 3.8) is 0 Å². The molecule has 1 unspecified atom stereocenters. The summed E-state index contributed by atoms with van der Waals surface area (Å²) in [5.74, 6) is 0.620. The van der Waals surface area contributed by atoms with E-state index in [1.807, 2.05) is 39.0 Å². The van der Waals surface area contributed by atoms with Gasteiger partial charge >= 0.3 is 6.09 Å². The zero-order valence-corrected chi connectivity index (χ0v) is 17.4. The van der Waals surface area contributed by atoms with Crippen molar-refractivity contribution in [1.29, 1.82) is 0 Å². The molecule has 8 heteroatoms. The number of ether oxygens (including phenoxy) is 1. The highest BCUT2D eigenvalue weighted by atomic mass is 16.6. The molecule has 2 aliphatic rings. The van der Waals surface area contributed by atoms with Crippen molar-refractivity contribution in [1.82, 2.24) is 24.6 Å². The van der Waals surface area contributed by atoms with E-state index in [-0.39, 0.29) is 11.7 Å². The number of nitrogens with zero attached hydrogens (tertiary/aromatic N) is 4. The molecule has 1 saturated heterocycles. The number of aryl methyl sites for hydroxylation is 1. The van der Waals surface area contributed by atoms with Crippen LogP contribution in [0.25, 0.3) is 5.82 Å². The van der Waals surface area contributed by atoms with Gasteiger partial charge in [0.2, 0.25) is 0 Å². The first-order chi connectivity index (χ1) is 13.8. The predicted octanol–water partition coefficient (Wildman–Crippen LogP) is 1.97. The fraction of sp³-hybridized carbons (Fsp3) is 0.571. The highest BCUT2D eigenvalue weighted by Gasteiger charge is 2.32. The molecule has 0 bridgehead atoms. The highest BCUT2D eigenvalue weighted by Crippen LogP contribution is 2.23. The van der Waals surface area contributed by atoms with Crippen LogP contribution in [0.1, 0.15) is 38.4 Å². The minimum absolute atomic E-state index is 0.00390. The SMILES string of the molecule is CC(C)(C)OC(=O)N1CCN(C2CCc3[nH]n(-c4ccccn4)c(=O)c3C2)CC1. The number of amides is 1. The van der Waals surface area contributed by atoms with Crippen LogP contribution < -0.4 is 5.56 Å². The maximum atomic E-state index is 12.9. The Kier molecular flexibility index (Phi) is 5.21. The van der Waals surface area contributed by atoms with Crippen LogP contribution in [0.15, 0.2) is 29.2 Å². The molecule has 2 aromatic heterocycles. The normalized spacial score (nSPS) is 20.4. The molecule has 8 nitrogen and oxygen atoms in total. The fourth-order valence-corrected chi connectivity index (χ4v) is 4.14. The number of rotatable bonds is 2. The molecular formula is C21H29N5O3. The van der Waals surface area contributed by atoms with Crippen molar-refractivity contribution >= 4 is 6.09 Å². The van der Waals surface area contributed by atoms with E-state index in [4.69, 9.17) is 4.74 Å². The Bertz CT molecular complexity index is 920. The van der Waals surface area contributed by atoms with E-state index < -0.39 is 5.60 Å². The average Bonchev–Trinajstić information content (AvgIpc) is 3.03. The van der Waals surface area contributed by atoms with E-state index in [1.54, 1.807) is 15.8 Å². The number of pyridine rings is 1. The van der Waals surface area contributed by atoms with Crippen LogP contribution in [0.2, 0.25) is 0 Å². The molecule has 0 saturated carbocycles. The van der Waals surface area contributed by atoms with Gasteiger partial charge in [0, 0.05) is 49.7 Å². The summed E-state index contributed by atoms with van der Waals surface area (Å²) in [5.41, 5.74) is 1.40. The number of carbonyl (C=O) groups excluding carboxylic acids is 1. The van der Waals surface area contributed by atoms with Crippen LogP contribution in [0.4, 0.5) is 4.79 Å². The van der Waals surface area contributed by atoms with E-state index in [0.29, 0.717) is 24.9 Å². The summed E-state index contributed by atoms with van der Waals surface area (Å²) in [6.45, 7) is 8.57. The summed E-state index contributed by atoms with van der Waals surface area (Å²) in [5, 5.41) is 3.24. The average molecular weight is 399 g/mol. The molecule has 0 aromatic carbocycles. The topological polar surface area (TPSA) is 83.5 Å². The van der Waals surface area contributed by atoms with Crippen LogP contribution in [0.3, 0.4) is 0 Å². The van der Waals surface area contributed by atoms with E-state index in [0.717, 1.165) is 43.6 Å². The Morgan fingerprint density at radius 3 is 2.62 bits per heavy atom. The lowest BCUT2D eigenvalue weighted by atomic mass is 9.92. The van der Waals surface area contributed by atoms with E-state index in [2.05, 4.69) is 15.0 Å². The molecule has 156 valence electrons. The third-order valence-electron chi connectivity index (χ3n) is 5.60. The van der Waals surface area contributed by atoms with E-state index in [9.17, 15) is 9.59 Å². The van der Waals surface area contributed by atoms with Crippen molar-refractivity contribution in [2.45, 2.75) is 51.7 Å². The molecule has 4 rings (SSSR count). The van der Waals surface area contributed by atoms with Gasteiger partial charge in [-0.25, -0.2) is 14.5 Å². The first kappa shape index (κ1) is 19.7. The number of aromatic nitrogens is 3. The highest BCUT2D eigenvalue weighted by molar-refractivity contribution is 5.68. The fourth-order valence-electron chi connectivity index (χ4n) is 4.14. The van der Waals surface area contributed by atoms with Crippen LogP contribution in [0.5, 0.6) is 0 Å².